The van der Waals surface area contributed by atoms with Gasteiger partial charge < -0.3 is 5.32 Å². The third kappa shape index (κ3) is 4.11. The van der Waals surface area contributed by atoms with E-state index in [-0.39, 0.29) is 6.04 Å². The summed E-state index contributed by atoms with van der Waals surface area (Å²) in [6, 6.07) is 8.51. The maximum absolute atomic E-state index is 13.7. The Kier molecular flexibility index (Phi) is 5.69. The molecule has 0 saturated heterocycles. The van der Waals surface area contributed by atoms with Crippen molar-refractivity contribution in [2.24, 2.45) is 0 Å². The number of halogens is 3. The molecular weight excluding hydrogens is 344 g/mol. The number of likely N-dealkylation sites (N-methyl/N-ethyl adjacent to an activating group) is 1. The number of hydrogen-bond donors (Lipinski definition) is 1. The highest BCUT2D eigenvalue weighted by molar-refractivity contribution is 9.11. The molecule has 20 heavy (non-hydrogen) atoms. The summed E-state index contributed by atoms with van der Waals surface area (Å²) in [6.45, 7) is 2.81. The molecule has 1 nitrogen and oxygen atoms in total. The lowest BCUT2D eigenvalue weighted by Gasteiger charge is -2.17. The summed E-state index contributed by atoms with van der Waals surface area (Å²) in [4.78, 5) is 1.22. The number of benzene rings is 1. The third-order valence-corrected chi connectivity index (χ3v) is 4.71. The molecule has 1 atom stereocenters. The average molecular weight is 360 g/mol. The topological polar surface area (TPSA) is 12.0 Å². The summed E-state index contributed by atoms with van der Waals surface area (Å²) in [5.41, 5.74) is 0.423. The van der Waals surface area contributed by atoms with Gasteiger partial charge in [0.1, 0.15) is 0 Å². The highest BCUT2D eigenvalue weighted by Crippen LogP contribution is 2.24. The lowest BCUT2D eigenvalue weighted by atomic mass is 10.0. The molecule has 108 valence electrons. The van der Waals surface area contributed by atoms with E-state index in [2.05, 4.69) is 27.3 Å². The molecule has 1 N–H and O–H groups in total. The lowest BCUT2D eigenvalue weighted by molar-refractivity contribution is 0.475. The SMILES string of the molecule is CCNC(Cc1ccc(Br)s1)Cc1cccc(F)c1F. The Hall–Kier alpha value is -0.780. The minimum absolute atomic E-state index is 0.0989. The van der Waals surface area contributed by atoms with Crippen molar-refractivity contribution in [2.75, 3.05) is 6.54 Å². The molecule has 0 spiro atoms. The second-order valence-electron chi connectivity index (χ2n) is 4.58. The molecule has 1 heterocycles. The number of rotatable bonds is 6. The first-order chi connectivity index (χ1) is 9.60. The Bertz CT molecular complexity index is 571. The van der Waals surface area contributed by atoms with Gasteiger partial charge in [0, 0.05) is 10.9 Å². The number of nitrogens with one attached hydrogen (secondary N) is 1. The first-order valence-electron chi connectivity index (χ1n) is 6.50. The Labute approximate surface area is 130 Å². The van der Waals surface area contributed by atoms with E-state index in [9.17, 15) is 8.78 Å². The molecular formula is C15H16BrF2NS. The van der Waals surface area contributed by atoms with E-state index in [1.165, 1.54) is 4.88 Å². The molecule has 0 aliphatic heterocycles. The van der Waals surface area contributed by atoms with E-state index in [0.717, 1.165) is 22.8 Å². The van der Waals surface area contributed by atoms with Crippen LogP contribution in [0.1, 0.15) is 17.4 Å². The molecule has 5 heteroatoms. The largest absolute Gasteiger partial charge is 0.314 e. The predicted octanol–water partition coefficient (Wildman–Crippen LogP) is 4.55. The number of thiophene rings is 1. The fraction of sp³-hybridized carbons (Fsp3) is 0.333. The van der Waals surface area contributed by atoms with Gasteiger partial charge in [-0.05, 0) is 59.1 Å². The zero-order chi connectivity index (χ0) is 14.5. The first kappa shape index (κ1) is 15.6. The van der Waals surface area contributed by atoms with Gasteiger partial charge >= 0.3 is 0 Å². The van der Waals surface area contributed by atoms with Gasteiger partial charge in [-0.3, -0.25) is 0 Å². The molecule has 2 rings (SSSR count). The first-order valence-corrected chi connectivity index (χ1v) is 8.11. The van der Waals surface area contributed by atoms with Crippen LogP contribution in [0.4, 0.5) is 8.78 Å². The van der Waals surface area contributed by atoms with Crippen LogP contribution in [-0.4, -0.2) is 12.6 Å². The van der Waals surface area contributed by atoms with E-state index in [0.29, 0.717) is 12.0 Å². The molecule has 0 fully saturated rings. The van der Waals surface area contributed by atoms with Gasteiger partial charge in [-0.1, -0.05) is 19.1 Å². The van der Waals surface area contributed by atoms with Gasteiger partial charge in [-0.2, -0.15) is 0 Å². The maximum Gasteiger partial charge on any atom is 0.162 e. The van der Waals surface area contributed by atoms with Crippen LogP contribution < -0.4 is 5.32 Å². The second kappa shape index (κ2) is 7.29. The van der Waals surface area contributed by atoms with Gasteiger partial charge in [0.15, 0.2) is 11.6 Å². The molecule has 2 aromatic rings. The highest BCUT2D eigenvalue weighted by atomic mass is 79.9. The van der Waals surface area contributed by atoms with Crippen molar-refractivity contribution in [1.82, 2.24) is 5.32 Å². The monoisotopic (exact) mass is 359 g/mol. The quantitative estimate of drug-likeness (QED) is 0.797. The van der Waals surface area contributed by atoms with Crippen LogP contribution in [0.25, 0.3) is 0 Å². The Balaban J connectivity index is 2.10. The van der Waals surface area contributed by atoms with Crippen LogP contribution in [0.2, 0.25) is 0 Å². The van der Waals surface area contributed by atoms with Crippen LogP contribution >= 0.6 is 27.3 Å². The summed E-state index contributed by atoms with van der Waals surface area (Å²) >= 11 is 5.11. The van der Waals surface area contributed by atoms with Gasteiger partial charge in [0.2, 0.25) is 0 Å². The van der Waals surface area contributed by atoms with Crippen molar-refractivity contribution in [3.63, 3.8) is 0 Å². The molecule has 1 aromatic carbocycles. The summed E-state index contributed by atoms with van der Waals surface area (Å²) in [5.74, 6) is -1.51. The number of hydrogen-bond acceptors (Lipinski definition) is 2. The van der Waals surface area contributed by atoms with Crippen molar-refractivity contribution in [1.29, 1.82) is 0 Å². The fourth-order valence-electron chi connectivity index (χ4n) is 2.18. The maximum atomic E-state index is 13.7. The fourth-order valence-corrected chi connectivity index (χ4v) is 3.74. The normalized spacial score (nSPS) is 12.6. The van der Waals surface area contributed by atoms with E-state index in [1.54, 1.807) is 23.5 Å². The molecule has 0 bridgehead atoms. The van der Waals surface area contributed by atoms with E-state index in [1.807, 2.05) is 13.0 Å². The van der Waals surface area contributed by atoms with Crippen molar-refractivity contribution in [3.8, 4) is 0 Å². The Morgan fingerprint density at radius 2 is 2.00 bits per heavy atom. The third-order valence-electron chi connectivity index (χ3n) is 3.07. The molecule has 0 radical (unpaired) electrons. The van der Waals surface area contributed by atoms with Gasteiger partial charge in [0.05, 0.1) is 3.79 Å². The zero-order valence-electron chi connectivity index (χ0n) is 11.1. The smallest absolute Gasteiger partial charge is 0.162 e. The lowest BCUT2D eigenvalue weighted by Crippen LogP contribution is -2.33. The summed E-state index contributed by atoms with van der Waals surface area (Å²) in [6.07, 6.45) is 1.28. The van der Waals surface area contributed by atoms with Crippen LogP contribution in [0.15, 0.2) is 34.1 Å². The van der Waals surface area contributed by atoms with Gasteiger partial charge in [-0.25, -0.2) is 8.78 Å². The van der Waals surface area contributed by atoms with Crippen molar-refractivity contribution >= 4 is 27.3 Å². The van der Waals surface area contributed by atoms with Crippen LogP contribution in [-0.2, 0) is 12.8 Å². The summed E-state index contributed by atoms with van der Waals surface area (Å²) in [5, 5.41) is 3.34. The molecule has 0 aliphatic carbocycles. The van der Waals surface area contributed by atoms with Crippen LogP contribution in [0, 0.1) is 11.6 Å². The van der Waals surface area contributed by atoms with Crippen molar-refractivity contribution < 1.29 is 8.78 Å². The van der Waals surface area contributed by atoms with Crippen molar-refractivity contribution in [2.45, 2.75) is 25.8 Å². The standard InChI is InChI=1S/C15H16BrF2NS/c1-2-19-11(9-12-6-7-14(16)20-12)8-10-4-3-5-13(17)15(10)18/h3-7,11,19H,2,8-9H2,1H3. The van der Waals surface area contributed by atoms with E-state index < -0.39 is 11.6 Å². The van der Waals surface area contributed by atoms with Gasteiger partial charge in [-0.15, -0.1) is 11.3 Å². The van der Waals surface area contributed by atoms with Crippen LogP contribution in [0.3, 0.4) is 0 Å². The molecule has 1 aromatic heterocycles. The summed E-state index contributed by atoms with van der Waals surface area (Å²) in [7, 11) is 0. The minimum Gasteiger partial charge on any atom is -0.314 e. The summed E-state index contributed by atoms with van der Waals surface area (Å²) < 4.78 is 28.1. The van der Waals surface area contributed by atoms with Gasteiger partial charge in [0.25, 0.3) is 0 Å². The van der Waals surface area contributed by atoms with Crippen LogP contribution in [0.5, 0.6) is 0 Å². The molecule has 0 amide bonds. The van der Waals surface area contributed by atoms with E-state index in [4.69, 9.17) is 0 Å². The highest BCUT2D eigenvalue weighted by Gasteiger charge is 2.15. The molecule has 0 aliphatic rings. The average Bonchev–Trinajstić information content (AvgIpc) is 2.81. The molecule has 0 saturated carbocycles. The molecule has 1 unspecified atom stereocenters. The second-order valence-corrected chi connectivity index (χ2v) is 7.13. The predicted molar refractivity (Wildman–Crippen MR) is 83.2 cm³/mol. The van der Waals surface area contributed by atoms with E-state index >= 15 is 0 Å². The zero-order valence-corrected chi connectivity index (χ0v) is 13.5. The Morgan fingerprint density at radius 3 is 2.65 bits per heavy atom. The van der Waals surface area contributed by atoms with Crippen molar-refractivity contribution in [3.05, 3.63) is 56.2 Å². The minimum atomic E-state index is -0.781. The Morgan fingerprint density at radius 1 is 1.20 bits per heavy atom.